The molecule has 1 fully saturated rings. The summed E-state index contributed by atoms with van der Waals surface area (Å²) in [5, 5.41) is 15.5. The number of hydrogen-bond donors (Lipinski definition) is 2. The average molecular weight is 130 g/mol. The molecule has 5 heteroatoms. The highest BCUT2D eigenvalue weighted by atomic mass is 16.6. The number of nitrogens with one attached hydrogen (secondary N) is 2. The quantitative estimate of drug-likeness (QED) is 0.351. The van der Waals surface area contributed by atoms with Gasteiger partial charge < -0.3 is 5.32 Å². The van der Waals surface area contributed by atoms with Crippen LogP contribution >= 0.6 is 0 Å². The third-order valence-electron chi connectivity index (χ3n) is 1.17. The van der Waals surface area contributed by atoms with E-state index in [4.69, 9.17) is 0 Å². The number of nitrogens with zero attached hydrogens (tertiary/aromatic N) is 1. The third kappa shape index (κ3) is 1.62. The fourth-order valence-electron chi connectivity index (χ4n) is 0.683. The van der Waals surface area contributed by atoms with Crippen LogP contribution in [0.1, 0.15) is 0 Å². The molecule has 1 radical (unpaired) electrons. The highest BCUT2D eigenvalue weighted by Crippen LogP contribution is 1.88. The van der Waals surface area contributed by atoms with E-state index in [1.54, 1.807) is 6.54 Å². The topological polar surface area (TPSA) is 67.2 Å². The van der Waals surface area contributed by atoms with Gasteiger partial charge in [0.15, 0.2) is 0 Å². The smallest absolute Gasteiger partial charge is 0.278 e. The number of piperazine rings is 1. The van der Waals surface area contributed by atoms with Crippen molar-refractivity contribution >= 4 is 0 Å². The van der Waals surface area contributed by atoms with Crippen molar-refractivity contribution in [2.75, 3.05) is 13.1 Å². The second-order valence-electron chi connectivity index (χ2n) is 1.82. The Balaban J connectivity index is 2.31. The van der Waals surface area contributed by atoms with Gasteiger partial charge in [0.05, 0.1) is 6.54 Å². The van der Waals surface area contributed by atoms with E-state index < -0.39 is 6.17 Å². The molecule has 0 aromatic heterocycles. The van der Waals surface area contributed by atoms with Crippen LogP contribution in [0.2, 0.25) is 0 Å². The van der Waals surface area contributed by atoms with E-state index in [-0.39, 0.29) is 4.92 Å². The van der Waals surface area contributed by atoms with Gasteiger partial charge in [-0.1, -0.05) is 0 Å². The predicted molar refractivity (Wildman–Crippen MR) is 31.1 cm³/mol. The summed E-state index contributed by atoms with van der Waals surface area (Å²) in [5.41, 5.74) is 0. The molecular formula is C4H8N3O2. The Morgan fingerprint density at radius 1 is 1.78 bits per heavy atom. The van der Waals surface area contributed by atoms with Gasteiger partial charge in [-0.15, -0.1) is 0 Å². The maximum Gasteiger partial charge on any atom is 0.278 e. The van der Waals surface area contributed by atoms with E-state index in [0.717, 1.165) is 0 Å². The lowest BCUT2D eigenvalue weighted by Gasteiger charge is -2.16. The maximum atomic E-state index is 10.0. The van der Waals surface area contributed by atoms with Crippen molar-refractivity contribution in [2.24, 2.45) is 0 Å². The molecule has 0 amide bonds. The minimum absolute atomic E-state index is 0.333. The summed E-state index contributed by atoms with van der Waals surface area (Å²) in [6, 6.07) is 0. The minimum Gasteiger partial charge on any atom is -0.304 e. The molecule has 0 bridgehead atoms. The predicted octanol–water partition coefficient (Wildman–Crippen LogP) is -1.06. The first-order valence-electron chi connectivity index (χ1n) is 2.72. The largest absolute Gasteiger partial charge is 0.304 e. The molecule has 1 saturated heterocycles. The van der Waals surface area contributed by atoms with Crippen LogP contribution in [0.15, 0.2) is 0 Å². The van der Waals surface area contributed by atoms with Crippen molar-refractivity contribution < 1.29 is 4.92 Å². The van der Waals surface area contributed by atoms with Crippen LogP contribution in [0.3, 0.4) is 0 Å². The van der Waals surface area contributed by atoms with E-state index in [1.165, 1.54) is 0 Å². The second-order valence-corrected chi connectivity index (χ2v) is 1.82. The zero-order valence-corrected chi connectivity index (χ0v) is 4.83. The molecule has 1 aliphatic heterocycles. The Kier molecular flexibility index (Phi) is 1.96. The minimum atomic E-state index is -0.616. The van der Waals surface area contributed by atoms with Gasteiger partial charge >= 0.3 is 0 Å². The summed E-state index contributed by atoms with van der Waals surface area (Å²) >= 11 is 0. The highest BCUT2D eigenvalue weighted by Gasteiger charge is 2.20. The molecule has 0 aliphatic carbocycles. The summed E-state index contributed by atoms with van der Waals surface area (Å²) < 4.78 is 0. The Bertz CT molecular complexity index is 110. The van der Waals surface area contributed by atoms with Crippen molar-refractivity contribution in [1.29, 1.82) is 0 Å². The van der Waals surface area contributed by atoms with Gasteiger partial charge in [0, 0.05) is 18.0 Å². The first kappa shape index (κ1) is 6.44. The first-order chi connectivity index (χ1) is 4.30. The zero-order valence-electron chi connectivity index (χ0n) is 4.83. The molecule has 5 nitrogen and oxygen atoms in total. The molecule has 1 aliphatic rings. The summed E-state index contributed by atoms with van der Waals surface area (Å²) in [5.74, 6) is 0. The first-order valence-corrected chi connectivity index (χ1v) is 2.72. The lowest BCUT2D eigenvalue weighted by atomic mass is 10.4. The summed E-state index contributed by atoms with van der Waals surface area (Å²) in [6.07, 6.45) is -0.616. The van der Waals surface area contributed by atoms with E-state index >= 15 is 0 Å². The number of rotatable bonds is 1. The second kappa shape index (κ2) is 2.75. The SMILES string of the molecule is O=[N+]([O-])C1CN[CH]CN1. The van der Waals surface area contributed by atoms with Gasteiger partial charge in [-0.3, -0.25) is 15.4 Å². The van der Waals surface area contributed by atoms with Crippen molar-refractivity contribution in [3.8, 4) is 0 Å². The van der Waals surface area contributed by atoms with Crippen LogP contribution in [0.25, 0.3) is 0 Å². The molecule has 51 valence electrons. The fraction of sp³-hybridized carbons (Fsp3) is 0.750. The van der Waals surface area contributed by atoms with Crippen LogP contribution in [0, 0.1) is 16.7 Å². The molecule has 9 heavy (non-hydrogen) atoms. The lowest BCUT2D eigenvalue weighted by molar-refractivity contribution is -0.528. The molecule has 0 saturated carbocycles. The number of hydrogen-bond acceptors (Lipinski definition) is 4. The normalized spacial score (nSPS) is 27.8. The van der Waals surface area contributed by atoms with Crippen LogP contribution in [-0.4, -0.2) is 24.2 Å². The van der Waals surface area contributed by atoms with E-state index in [2.05, 4.69) is 10.6 Å². The Morgan fingerprint density at radius 2 is 2.56 bits per heavy atom. The molecule has 1 unspecified atom stereocenters. The lowest BCUT2D eigenvalue weighted by Crippen LogP contribution is -2.49. The average Bonchev–Trinajstić information content (AvgIpc) is 1.90. The van der Waals surface area contributed by atoms with Crippen molar-refractivity contribution in [3.05, 3.63) is 16.7 Å². The Morgan fingerprint density at radius 3 is 2.89 bits per heavy atom. The van der Waals surface area contributed by atoms with Crippen LogP contribution in [0.4, 0.5) is 0 Å². The van der Waals surface area contributed by atoms with Gasteiger partial charge in [0.25, 0.3) is 6.17 Å². The van der Waals surface area contributed by atoms with E-state index in [1.807, 2.05) is 0 Å². The molecule has 1 atom stereocenters. The number of nitro groups is 1. The van der Waals surface area contributed by atoms with E-state index in [9.17, 15) is 10.1 Å². The van der Waals surface area contributed by atoms with Gasteiger partial charge in [0.2, 0.25) is 0 Å². The Hall–Kier alpha value is -0.680. The van der Waals surface area contributed by atoms with Crippen LogP contribution in [-0.2, 0) is 0 Å². The van der Waals surface area contributed by atoms with Gasteiger partial charge in [-0.2, -0.15) is 0 Å². The molecule has 1 heterocycles. The molecule has 1 rings (SSSR count). The van der Waals surface area contributed by atoms with Crippen LogP contribution < -0.4 is 10.6 Å². The van der Waals surface area contributed by atoms with Gasteiger partial charge in [0.1, 0.15) is 0 Å². The third-order valence-corrected chi connectivity index (χ3v) is 1.17. The summed E-state index contributed by atoms with van der Waals surface area (Å²) in [4.78, 5) is 9.71. The molecule has 2 N–H and O–H groups in total. The monoisotopic (exact) mass is 130 g/mol. The van der Waals surface area contributed by atoms with Crippen LogP contribution in [0.5, 0.6) is 0 Å². The van der Waals surface area contributed by atoms with Crippen molar-refractivity contribution in [2.45, 2.75) is 6.17 Å². The maximum absolute atomic E-state index is 10.0. The van der Waals surface area contributed by atoms with Crippen molar-refractivity contribution in [1.82, 2.24) is 10.6 Å². The zero-order chi connectivity index (χ0) is 6.69. The Labute approximate surface area is 52.6 Å². The van der Waals surface area contributed by atoms with Gasteiger partial charge in [-0.25, -0.2) is 0 Å². The van der Waals surface area contributed by atoms with Gasteiger partial charge in [-0.05, 0) is 0 Å². The van der Waals surface area contributed by atoms with E-state index in [0.29, 0.717) is 13.1 Å². The summed E-state index contributed by atoms with van der Waals surface area (Å²) in [6.45, 7) is 2.71. The highest BCUT2D eigenvalue weighted by molar-refractivity contribution is 4.75. The van der Waals surface area contributed by atoms with Crippen molar-refractivity contribution in [3.63, 3.8) is 0 Å². The molecule has 0 spiro atoms. The molecule has 0 aromatic rings. The molecular weight excluding hydrogens is 122 g/mol. The summed E-state index contributed by atoms with van der Waals surface area (Å²) in [7, 11) is 0. The standard InChI is InChI=1S/C4H8N3O2/c8-7(9)4-3-5-1-2-6-4/h1,4-6H,2-3H2. The fourth-order valence-corrected chi connectivity index (χ4v) is 0.683. The molecule has 0 aromatic carbocycles.